The summed E-state index contributed by atoms with van der Waals surface area (Å²) in [6, 6.07) is 9.67. The van der Waals surface area contributed by atoms with Crippen molar-refractivity contribution < 1.29 is 28.7 Å². The number of esters is 1. The molecule has 30 heavy (non-hydrogen) atoms. The van der Waals surface area contributed by atoms with Crippen LogP contribution >= 0.6 is 0 Å². The smallest absolute Gasteiger partial charge is 0.338 e. The average molecular weight is 410 g/mol. The van der Waals surface area contributed by atoms with Gasteiger partial charge < -0.3 is 14.8 Å². The van der Waals surface area contributed by atoms with E-state index in [4.69, 9.17) is 9.47 Å². The molecule has 2 aromatic carbocycles. The third-order valence-electron chi connectivity index (χ3n) is 4.69. The first kappa shape index (κ1) is 21.2. The number of carbonyl (C=O) groups is 4. The fourth-order valence-electron chi connectivity index (χ4n) is 3.10. The van der Waals surface area contributed by atoms with Crippen molar-refractivity contribution in [1.82, 2.24) is 5.32 Å². The molecule has 2 aromatic rings. The number of methoxy groups -OCH3 is 1. The second-order valence-electron chi connectivity index (χ2n) is 6.91. The largest absolute Gasteiger partial charge is 0.452 e. The van der Waals surface area contributed by atoms with Crippen molar-refractivity contribution >= 4 is 29.4 Å². The van der Waals surface area contributed by atoms with Gasteiger partial charge in [0.05, 0.1) is 29.0 Å². The van der Waals surface area contributed by atoms with Crippen LogP contribution in [0.15, 0.2) is 36.4 Å². The van der Waals surface area contributed by atoms with E-state index in [0.29, 0.717) is 18.8 Å². The molecule has 0 atom stereocenters. The first-order valence-electron chi connectivity index (χ1n) is 9.36. The number of benzene rings is 2. The Hall–Kier alpha value is -3.52. The molecular weight excluding hydrogens is 388 g/mol. The number of aryl methyl sites for hydroxylation is 2. The van der Waals surface area contributed by atoms with Gasteiger partial charge in [-0.3, -0.25) is 14.4 Å². The molecule has 1 N–H and O–H groups in total. The summed E-state index contributed by atoms with van der Waals surface area (Å²) in [6.45, 7) is 3.88. The van der Waals surface area contributed by atoms with Crippen LogP contribution in [0.3, 0.4) is 0 Å². The maximum absolute atomic E-state index is 12.9. The Bertz CT molecular complexity index is 1030. The van der Waals surface area contributed by atoms with E-state index >= 15 is 0 Å². The molecule has 1 aliphatic heterocycles. The standard InChI is InChI=1S/C22H22N2O6/c1-13-4-5-14(2)18(10-13)24-20(26)16-7-6-15(11-17(16)21(24)27)22(28)30-12-19(25)23-8-9-29-3/h4-7,10-11H,8-9,12H2,1-3H3,(H,23,25). The Kier molecular flexibility index (Phi) is 6.27. The highest BCUT2D eigenvalue weighted by molar-refractivity contribution is 6.35. The molecule has 156 valence electrons. The van der Waals surface area contributed by atoms with Gasteiger partial charge in [-0.05, 0) is 49.2 Å². The normalized spacial score (nSPS) is 12.7. The zero-order chi connectivity index (χ0) is 21.8. The first-order chi connectivity index (χ1) is 14.3. The van der Waals surface area contributed by atoms with Crippen LogP contribution < -0.4 is 10.2 Å². The van der Waals surface area contributed by atoms with Gasteiger partial charge in [0.25, 0.3) is 17.7 Å². The predicted molar refractivity (Wildman–Crippen MR) is 109 cm³/mol. The molecule has 0 saturated carbocycles. The van der Waals surface area contributed by atoms with Crippen LogP contribution in [0, 0.1) is 13.8 Å². The minimum atomic E-state index is -0.759. The lowest BCUT2D eigenvalue weighted by Gasteiger charge is -2.17. The molecule has 0 radical (unpaired) electrons. The molecule has 8 nitrogen and oxygen atoms in total. The summed E-state index contributed by atoms with van der Waals surface area (Å²) in [5.74, 6) is -2.17. The van der Waals surface area contributed by atoms with Crippen LogP contribution in [0.2, 0.25) is 0 Å². The van der Waals surface area contributed by atoms with Crippen LogP contribution in [0.4, 0.5) is 5.69 Å². The Balaban J connectivity index is 1.76. The van der Waals surface area contributed by atoms with Crippen molar-refractivity contribution in [3.8, 4) is 0 Å². The Labute approximate surface area is 173 Å². The minimum absolute atomic E-state index is 0.0856. The number of rotatable bonds is 7. The molecule has 3 amide bonds. The summed E-state index contributed by atoms with van der Waals surface area (Å²) < 4.78 is 9.80. The van der Waals surface area contributed by atoms with Gasteiger partial charge in [-0.25, -0.2) is 9.69 Å². The molecule has 0 aliphatic carbocycles. The van der Waals surface area contributed by atoms with E-state index in [1.807, 2.05) is 26.0 Å². The van der Waals surface area contributed by atoms with Gasteiger partial charge in [-0.15, -0.1) is 0 Å². The number of amides is 3. The van der Waals surface area contributed by atoms with E-state index < -0.39 is 30.3 Å². The molecule has 0 fully saturated rings. The van der Waals surface area contributed by atoms with Gasteiger partial charge in [0, 0.05) is 13.7 Å². The van der Waals surface area contributed by atoms with E-state index in [1.165, 1.54) is 25.3 Å². The summed E-state index contributed by atoms with van der Waals surface area (Å²) >= 11 is 0. The van der Waals surface area contributed by atoms with Crippen molar-refractivity contribution in [1.29, 1.82) is 0 Å². The van der Waals surface area contributed by atoms with Gasteiger partial charge in [-0.1, -0.05) is 12.1 Å². The van der Waals surface area contributed by atoms with Crippen molar-refractivity contribution in [2.75, 3.05) is 31.8 Å². The van der Waals surface area contributed by atoms with Crippen molar-refractivity contribution in [3.63, 3.8) is 0 Å². The number of anilines is 1. The number of ether oxygens (including phenoxy) is 2. The SMILES string of the molecule is COCCNC(=O)COC(=O)c1ccc2c(c1)C(=O)N(c1cc(C)ccc1C)C2=O. The van der Waals surface area contributed by atoms with Gasteiger partial charge in [0.1, 0.15) is 0 Å². The van der Waals surface area contributed by atoms with Crippen LogP contribution in [0.5, 0.6) is 0 Å². The Morgan fingerprint density at radius 3 is 2.47 bits per heavy atom. The summed E-state index contributed by atoms with van der Waals surface area (Å²) in [6.07, 6.45) is 0. The highest BCUT2D eigenvalue weighted by Crippen LogP contribution is 2.31. The lowest BCUT2D eigenvalue weighted by Crippen LogP contribution is -2.31. The van der Waals surface area contributed by atoms with E-state index in [2.05, 4.69) is 5.32 Å². The molecule has 0 bridgehead atoms. The van der Waals surface area contributed by atoms with Gasteiger partial charge in [0.2, 0.25) is 0 Å². The third kappa shape index (κ3) is 4.23. The van der Waals surface area contributed by atoms with Crippen LogP contribution in [0.25, 0.3) is 0 Å². The predicted octanol–water partition coefficient (Wildman–Crippen LogP) is 2.02. The van der Waals surface area contributed by atoms with Crippen LogP contribution in [0.1, 0.15) is 42.2 Å². The van der Waals surface area contributed by atoms with E-state index in [1.54, 1.807) is 6.07 Å². The summed E-state index contributed by atoms with van der Waals surface area (Å²) in [5.41, 5.74) is 2.64. The van der Waals surface area contributed by atoms with E-state index in [0.717, 1.165) is 16.0 Å². The number of hydrogen-bond donors (Lipinski definition) is 1. The monoisotopic (exact) mass is 410 g/mol. The second-order valence-corrected chi connectivity index (χ2v) is 6.91. The zero-order valence-electron chi connectivity index (χ0n) is 17.0. The zero-order valence-corrected chi connectivity index (χ0v) is 17.0. The molecule has 0 saturated heterocycles. The first-order valence-corrected chi connectivity index (χ1v) is 9.36. The average Bonchev–Trinajstić information content (AvgIpc) is 2.98. The lowest BCUT2D eigenvalue weighted by molar-refractivity contribution is -0.124. The molecule has 1 heterocycles. The maximum atomic E-state index is 12.9. The number of nitrogens with zero attached hydrogens (tertiary/aromatic N) is 1. The number of imide groups is 1. The molecular formula is C22H22N2O6. The molecule has 0 aromatic heterocycles. The van der Waals surface area contributed by atoms with Gasteiger partial charge in [0.15, 0.2) is 6.61 Å². The van der Waals surface area contributed by atoms with Crippen LogP contribution in [-0.2, 0) is 14.3 Å². The third-order valence-corrected chi connectivity index (χ3v) is 4.69. The maximum Gasteiger partial charge on any atom is 0.338 e. The summed E-state index contributed by atoms with van der Waals surface area (Å²) in [4.78, 5) is 50.8. The fourth-order valence-corrected chi connectivity index (χ4v) is 3.10. The molecule has 0 unspecified atom stereocenters. The van der Waals surface area contributed by atoms with Gasteiger partial charge in [-0.2, -0.15) is 0 Å². The highest BCUT2D eigenvalue weighted by atomic mass is 16.5. The van der Waals surface area contributed by atoms with Gasteiger partial charge >= 0.3 is 5.97 Å². The van der Waals surface area contributed by atoms with Crippen molar-refractivity contribution in [2.45, 2.75) is 13.8 Å². The number of fused-ring (bicyclic) bond motifs is 1. The molecule has 3 rings (SSSR count). The Morgan fingerprint density at radius 2 is 1.73 bits per heavy atom. The number of hydrogen-bond acceptors (Lipinski definition) is 6. The molecule has 8 heteroatoms. The fraction of sp³-hybridized carbons (Fsp3) is 0.273. The van der Waals surface area contributed by atoms with E-state index in [9.17, 15) is 19.2 Å². The molecule has 0 spiro atoms. The summed E-state index contributed by atoms with van der Waals surface area (Å²) in [7, 11) is 1.51. The van der Waals surface area contributed by atoms with E-state index in [-0.39, 0.29) is 16.7 Å². The van der Waals surface area contributed by atoms with Crippen LogP contribution in [-0.4, -0.2) is 50.6 Å². The Morgan fingerprint density at radius 1 is 1.00 bits per heavy atom. The molecule has 1 aliphatic rings. The topological polar surface area (TPSA) is 102 Å². The second kappa shape index (κ2) is 8.87. The quantitative estimate of drug-likeness (QED) is 0.426. The minimum Gasteiger partial charge on any atom is -0.452 e. The number of nitrogens with one attached hydrogen (secondary N) is 1. The lowest BCUT2D eigenvalue weighted by atomic mass is 10.1. The highest BCUT2D eigenvalue weighted by Gasteiger charge is 2.38. The number of carbonyl (C=O) groups excluding carboxylic acids is 4. The summed E-state index contributed by atoms with van der Waals surface area (Å²) in [5, 5.41) is 2.53. The van der Waals surface area contributed by atoms with Crippen molar-refractivity contribution in [2.24, 2.45) is 0 Å². The van der Waals surface area contributed by atoms with Crippen molar-refractivity contribution in [3.05, 3.63) is 64.2 Å².